The molecule has 0 aliphatic heterocycles. The minimum atomic E-state index is -4.20. The number of benzene rings is 1. The highest BCUT2D eigenvalue weighted by molar-refractivity contribution is 6.13. The van der Waals surface area contributed by atoms with Gasteiger partial charge in [0.15, 0.2) is 6.29 Å². The summed E-state index contributed by atoms with van der Waals surface area (Å²) in [7, 11) is 0. The minimum absolute atomic E-state index is 0.174. The Labute approximate surface area is 84.4 Å². The highest BCUT2D eigenvalue weighted by atomic mass is 19.4. The molecule has 1 aromatic rings. The Bertz CT molecular complexity index is 354. The van der Waals surface area contributed by atoms with E-state index in [1.54, 1.807) is 0 Å². The van der Waals surface area contributed by atoms with Gasteiger partial charge in [0, 0.05) is 0 Å². The number of hydrogen-bond donors (Lipinski definition) is 0. The molecule has 0 amide bonds. The molecule has 0 N–H and O–H groups in total. The Balaban J connectivity index is 2.72. The van der Waals surface area contributed by atoms with Crippen molar-refractivity contribution in [3.8, 4) is 0 Å². The van der Waals surface area contributed by atoms with Crippen LogP contribution >= 0.6 is 0 Å². The predicted octanol–water partition coefficient (Wildman–Crippen LogP) is 2.69. The van der Waals surface area contributed by atoms with Gasteiger partial charge < -0.3 is 0 Å². The molecule has 0 saturated carbocycles. The monoisotopic (exact) mass is 215 g/mol. The van der Waals surface area contributed by atoms with Gasteiger partial charge in [-0.15, -0.1) is 0 Å². The summed E-state index contributed by atoms with van der Waals surface area (Å²) in [5.74, 6) is 0. The summed E-state index contributed by atoms with van der Waals surface area (Å²) in [6, 6.07) is 5.54. The van der Waals surface area contributed by atoms with Crippen molar-refractivity contribution in [3.05, 3.63) is 29.8 Å². The topological polar surface area (TPSA) is 29.4 Å². The van der Waals surface area contributed by atoms with Gasteiger partial charge in [0.05, 0.1) is 18.3 Å². The molecule has 0 aromatic heterocycles. The number of alkyl halides is 3. The minimum Gasteiger partial charge on any atom is -0.297 e. The van der Waals surface area contributed by atoms with Gasteiger partial charge in [-0.25, -0.2) is 0 Å². The summed E-state index contributed by atoms with van der Waals surface area (Å²) in [4.78, 5) is 13.6. The molecule has 2 nitrogen and oxygen atoms in total. The molecule has 0 aliphatic carbocycles. The smallest absolute Gasteiger partial charge is 0.297 e. The maximum Gasteiger partial charge on any atom is 0.393 e. The zero-order valence-corrected chi connectivity index (χ0v) is 7.66. The van der Waals surface area contributed by atoms with Crippen LogP contribution in [-0.4, -0.2) is 18.7 Å². The van der Waals surface area contributed by atoms with Crippen molar-refractivity contribution in [2.24, 2.45) is 4.99 Å². The maximum absolute atomic E-state index is 12.0. The molecule has 0 atom stereocenters. The summed E-state index contributed by atoms with van der Waals surface area (Å²) in [6.45, 7) is 0. The second kappa shape index (κ2) is 4.72. The molecule has 1 aromatic carbocycles. The Hall–Kier alpha value is -1.65. The van der Waals surface area contributed by atoms with E-state index in [0.717, 1.165) is 6.21 Å². The Morgan fingerprint density at radius 1 is 1.20 bits per heavy atom. The summed E-state index contributed by atoms with van der Waals surface area (Å²) in [5, 5.41) is 0. The molecule has 0 spiro atoms. The molecular weight excluding hydrogens is 207 g/mol. The third kappa shape index (κ3) is 4.39. The average Bonchev–Trinajstić information content (AvgIpc) is 2.14. The van der Waals surface area contributed by atoms with Gasteiger partial charge in [-0.2, -0.15) is 13.2 Å². The average molecular weight is 215 g/mol. The van der Waals surface area contributed by atoms with Crippen LogP contribution in [0.1, 0.15) is 5.56 Å². The number of carbonyl (C=O) groups is 1. The van der Waals surface area contributed by atoms with Crippen LogP contribution in [0.2, 0.25) is 0 Å². The third-order valence-corrected chi connectivity index (χ3v) is 1.63. The molecule has 80 valence electrons. The Morgan fingerprint density at radius 3 is 2.27 bits per heavy atom. The van der Waals surface area contributed by atoms with Crippen LogP contribution in [0.25, 0.3) is 0 Å². The SMILES string of the molecule is O=CC=Nc1ccc(CC(F)(F)F)cc1. The second-order valence-electron chi connectivity index (χ2n) is 2.87. The van der Waals surface area contributed by atoms with Crippen molar-refractivity contribution in [2.45, 2.75) is 12.6 Å². The summed E-state index contributed by atoms with van der Waals surface area (Å²) in [5.41, 5.74) is 0.626. The number of aliphatic imine (C=N–C) groups is 1. The quantitative estimate of drug-likeness (QED) is 0.563. The molecule has 0 heterocycles. The largest absolute Gasteiger partial charge is 0.393 e. The highest BCUT2D eigenvalue weighted by Crippen LogP contribution is 2.22. The van der Waals surface area contributed by atoms with Crippen molar-refractivity contribution < 1.29 is 18.0 Å². The lowest BCUT2D eigenvalue weighted by molar-refractivity contribution is -0.127. The third-order valence-electron chi connectivity index (χ3n) is 1.63. The molecular formula is C10H8F3NO. The van der Waals surface area contributed by atoms with Gasteiger partial charge in [0.1, 0.15) is 0 Å². The van der Waals surface area contributed by atoms with E-state index in [2.05, 4.69) is 4.99 Å². The molecule has 0 radical (unpaired) electrons. The standard InChI is InChI=1S/C10H8F3NO/c11-10(12,13)7-8-1-3-9(4-2-8)14-5-6-15/h1-6H,7H2. The highest BCUT2D eigenvalue weighted by Gasteiger charge is 2.27. The molecule has 0 bridgehead atoms. The van der Waals surface area contributed by atoms with Crippen molar-refractivity contribution >= 4 is 18.2 Å². The van der Waals surface area contributed by atoms with E-state index in [1.807, 2.05) is 0 Å². The van der Waals surface area contributed by atoms with Crippen molar-refractivity contribution in [3.63, 3.8) is 0 Å². The molecule has 15 heavy (non-hydrogen) atoms. The van der Waals surface area contributed by atoms with Crippen molar-refractivity contribution in [2.75, 3.05) is 0 Å². The zero-order valence-electron chi connectivity index (χ0n) is 7.66. The van der Waals surface area contributed by atoms with Gasteiger partial charge in [0.25, 0.3) is 0 Å². The van der Waals surface area contributed by atoms with E-state index in [4.69, 9.17) is 0 Å². The van der Waals surface area contributed by atoms with Gasteiger partial charge in [-0.1, -0.05) is 12.1 Å². The Kier molecular flexibility index (Phi) is 3.60. The molecule has 0 saturated heterocycles. The summed E-state index contributed by atoms with van der Waals surface area (Å²) < 4.78 is 35.9. The van der Waals surface area contributed by atoms with E-state index in [1.165, 1.54) is 24.3 Å². The first-order chi connectivity index (χ1) is 7.01. The maximum atomic E-state index is 12.0. The lowest BCUT2D eigenvalue weighted by atomic mass is 10.1. The lowest BCUT2D eigenvalue weighted by Crippen LogP contribution is -2.11. The second-order valence-corrected chi connectivity index (χ2v) is 2.87. The molecule has 0 unspecified atom stereocenters. The van der Waals surface area contributed by atoms with E-state index in [0.29, 0.717) is 12.0 Å². The molecule has 0 aliphatic rings. The van der Waals surface area contributed by atoms with Crippen molar-refractivity contribution in [1.29, 1.82) is 0 Å². The number of rotatable bonds is 3. The first-order valence-electron chi connectivity index (χ1n) is 4.15. The van der Waals surface area contributed by atoms with Gasteiger partial charge in [-0.3, -0.25) is 9.79 Å². The summed E-state index contributed by atoms with van der Waals surface area (Å²) in [6.07, 6.45) is -3.61. The van der Waals surface area contributed by atoms with Gasteiger partial charge in [-0.05, 0) is 17.7 Å². The van der Waals surface area contributed by atoms with Crippen LogP contribution in [0.15, 0.2) is 29.3 Å². The fourth-order valence-corrected chi connectivity index (χ4v) is 1.05. The van der Waals surface area contributed by atoms with Crippen LogP contribution in [0, 0.1) is 0 Å². The van der Waals surface area contributed by atoms with Gasteiger partial charge >= 0.3 is 6.18 Å². The number of halogens is 3. The van der Waals surface area contributed by atoms with E-state index < -0.39 is 12.6 Å². The zero-order chi connectivity index (χ0) is 11.3. The van der Waals surface area contributed by atoms with E-state index in [9.17, 15) is 18.0 Å². The van der Waals surface area contributed by atoms with Crippen LogP contribution in [0.3, 0.4) is 0 Å². The lowest BCUT2D eigenvalue weighted by Gasteiger charge is -2.05. The van der Waals surface area contributed by atoms with Crippen molar-refractivity contribution in [1.82, 2.24) is 0 Å². The van der Waals surface area contributed by atoms with Crippen LogP contribution < -0.4 is 0 Å². The first kappa shape index (κ1) is 11.4. The summed E-state index contributed by atoms with van der Waals surface area (Å²) >= 11 is 0. The molecule has 0 fully saturated rings. The number of nitrogens with zero attached hydrogens (tertiary/aromatic N) is 1. The van der Waals surface area contributed by atoms with E-state index in [-0.39, 0.29) is 5.56 Å². The van der Waals surface area contributed by atoms with Crippen LogP contribution in [-0.2, 0) is 11.2 Å². The normalized spacial score (nSPS) is 11.9. The first-order valence-corrected chi connectivity index (χ1v) is 4.15. The number of aldehydes is 1. The van der Waals surface area contributed by atoms with E-state index >= 15 is 0 Å². The number of hydrogen-bond acceptors (Lipinski definition) is 2. The molecule has 1 rings (SSSR count). The predicted molar refractivity (Wildman–Crippen MR) is 50.4 cm³/mol. The van der Waals surface area contributed by atoms with Crippen LogP contribution in [0.4, 0.5) is 18.9 Å². The van der Waals surface area contributed by atoms with Gasteiger partial charge in [0.2, 0.25) is 0 Å². The fourth-order valence-electron chi connectivity index (χ4n) is 1.05. The Morgan fingerprint density at radius 2 is 1.80 bits per heavy atom. The van der Waals surface area contributed by atoms with Crippen LogP contribution in [0.5, 0.6) is 0 Å². The fraction of sp³-hybridized carbons (Fsp3) is 0.200. The molecule has 5 heteroatoms. The number of carbonyl (C=O) groups excluding carboxylic acids is 1.